The predicted molar refractivity (Wildman–Crippen MR) is 103 cm³/mol. The molecule has 0 radical (unpaired) electrons. The minimum Gasteiger partial charge on any atom is -0.376 e. The van der Waals surface area contributed by atoms with Gasteiger partial charge in [-0.1, -0.05) is 30.3 Å². The van der Waals surface area contributed by atoms with E-state index in [0.29, 0.717) is 6.61 Å². The molecule has 2 aromatic carbocycles. The number of nitrogens with one attached hydrogen (secondary N) is 1. The number of ether oxygens (including phenoxy) is 1. The van der Waals surface area contributed by atoms with Crippen molar-refractivity contribution in [2.45, 2.75) is 37.7 Å². The van der Waals surface area contributed by atoms with Gasteiger partial charge in [0, 0.05) is 29.9 Å². The minimum atomic E-state index is -0.0442. The molecule has 1 aliphatic heterocycles. The highest BCUT2D eigenvalue weighted by Crippen LogP contribution is 2.56. The van der Waals surface area contributed by atoms with Gasteiger partial charge in [-0.25, -0.2) is 4.79 Å². The van der Waals surface area contributed by atoms with E-state index >= 15 is 0 Å². The Labute approximate surface area is 154 Å². The van der Waals surface area contributed by atoms with Crippen molar-refractivity contribution in [1.82, 2.24) is 0 Å². The highest BCUT2D eigenvalue weighted by molar-refractivity contribution is 6.04. The van der Waals surface area contributed by atoms with Gasteiger partial charge in [-0.05, 0) is 60.9 Å². The lowest BCUT2D eigenvalue weighted by molar-refractivity contribution is 0.111. The SMILES string of the molecule is O=C(Nc1cccc(COCC2CC2)c1)N1CC2(CC2)c2ccccc21. The lowest BCUT2D eigenvalue weighted by Gasteiger charge is -2.19. The average molecular weight is 348 g/mol. The van der Waals surface area contributed by atoms with Gasteiger partial charge < -0.3 is 10.1 Å². The first-order chi connectivity index (χ1) is 12.7. The zero-order valence-corrected chi connectivity index (χ0v) is 14.9. The number of hydrogen-bond acceptors (Lipinski definition) is 2. The van der Waals surface area contributed by atoms with Crippen LogP contribution in [0.2, 0.25) is 0 Å². The molecule has 1 heterocycles. The molecule has 2 amide bonds. The fourth-order valence-corrected chi connectivity index (χ4v) is 3.95. The second-order valence-corrected chi connectivity index (χ2v) is 7.97. The monoisotopic (exact) mass is 348 g/mol. The highest BCUT2D eigenvalue weighted by Gasteiger charge is 2.52. The molecule has 3 aliphatic rings. The Morgan fingerprint density at radius 2 is 2.00 bits per heavy atom. The summed E-state index contributed by atoms with van der Waals surface area (Å²) in [6.45, 7) is 2.25. The Kier molecular flexibility index (Phi) is 3.75. The van der Waals surface area contributed by atoms with Crippen LogP contribution in [0.1, 0.15) is 36.8 Å². The van der Waals surface area contributed by atoms with Crippen molar-refractivity contribution in [2.75, 3.05) is 23.4 Å². The second-order valence-electron chi connectivity index (χ2n) is 7.97. The number of carbonyl (C=O) groups is 1. The van der Waals surface area contributed by atoms with E-state index in [0.717, 1.165) is 36.0 Å². The number of anilines is 2. The van der Waals surface area contributed by atoms with Crippen LogP contribution in [0.4, 0.5) is 16.2 Å². The van der Waals surface area contributed by atoms with Crippen LogP contribution in [0.15, 0.2) is 48.5 Å². The summed E-state index contributed by atoms with van der Waals surface area (Å²) in [5.74, 6) is 0.767. The maximum Gasteiger partial charge on any atom is 0.326 e. The van der Waals surface area contributed by atoms with Crippen molar-refractivity contribution in [3.05, 3.63) is 59.7 Å². The first kappa shape index (κ1) is 15.9. The van der Waals surface area contributed by atoms with Gasteiger partial charge in [-0.15, -0.1) is 0 Å². The first-order valence-electron chi connectivity index (χ1n) is 9.58. The summed E-state index contributed by atoms with van der Waals surface area (Å²) in [4.78, 5) is 14.8. The van der Waals surface area contributed by atoms with Gasteiger partial charge in [-0.2, -0.15) is 0 Å². The molecule has 4 heteroatoms. The average Bonchev–Trinajstić information content (AvgIpc) is 3.56. The van der Waals surface area contributed by atoms with Gasteiger partial charge in [-0.3, -0.25) is 4.90 Å². The molecule has 0 atom stereocenters. The van der Waals surface area contributed by atoms with Crippen LogP contribution in [0.25, 0.3) is 0 Å². The van der Waals surface area contributed by atoms with Crippen LogP contribution in [0.5, 0.6) is 0 Å². The van der Waals surface area contributed by atoms with Crippen molar-refractivity contribution >= 4 is 17.4 Å². The standard InChI is InChI=1S/C22H24N2O2/c25-21(24-15-22(10-11-22)19-6-1-2-7-20(19)24)23-18-5-3-4-17(12-18)14-26-13-16-8-9-16/h1-7,12,16H,8-11,13-15H2,(H,23,25). The summed E-state index contributed by atoms with van der Waals surface area (Å²) in [6, 6.07) is 16.3. The molecular formula is C22H24N2O2. The van der Waals surface area contributed by atoms with E-state index in [1.54, 1.807) is 0 Å². The van der Waals surface area contributed by atoms with Crippen LogP contribution < -0.4 is 10.2 Å². The number of urea groups is 1. The van der Waals surface area contributed by atoms with Crippen LogP contribution in [0, 0.1) is 5.92 Å². The molecule has 134 valence electrons. The zero-order valence-electron chi connectivity index (χ0n) is 14.9. The summed E-state index contributed by atoms with van der Waals surface area (Å²) < 4.78 is 5.76. The third kappa shape index (κ3) is 2.99. The molecule has 0 aromatic heterocycles. The largest absolute Gasteiger partial charge is 0.376 e. The number of rotatable bonds is 5. The van der Waals surface area contributed by atoms with Gasteiger partial charge in [0.2, 0.25) is 0 Å². The lowest BCUT2D eigenvalue weighted by atomic mass is 9.99. The number of carbonyl (C=O) groups excluding carboxylic acids is 1. The smallest absolute Gasteiger partial charge is 0.326 e. The normalized spacial score (nSPS) is 19.5. The molecule has 2 aliphatic carbocycles. The van der Waals surface area contributed by atoms with E-state index < -0.39 is 0 Å². The van der Waals surface area contributed by atoms with Crippen molar-refractivity contribution in [3.63, 3.8) is 0 Å². The van der Waals surface area contributed by atoms with Crippen LogP contribution >= 0.6 is 0 Å². The maximum atomic E-state index is 12.9. The number of fused-ring (bicyclic) bond motifs is 2. The highest BCUT2D eigenvalue weighted by atomic mass is 16.5. The number of nitrogens with zero attached hydrogens (tertiary/aromatic N) is 1. The van der Waals surface area contributed by atoms with Crippen LogP contribution in [-0.2, 0) is 16.8 Å². The summed E-state index contributed by atoms with van der Waals surface area (Å²) in [7, 11) is 0. The van der Waals surface area contributed by atoms with Gasteiger partial charge in [0.25, 0.3) is 0 Å². The summed E-state index contributed by atoms with van der Waals surface area (Å²) >= 11 is 0. The van der Waals surface area contributed by atoms with E-state index in [-0.39, 0.29) is 11.4 Å². The molecule has 2 saturated carbocycles. The third-order valence-electron chi connectivity index (χ3n) is 5.82. The van der Waals surface area contributed by atoms with E-state index in [9.17, 15) is 4.79 Å². The third-order valence-corrected chi connectivity index (χ3v) is 5.82. The van der Waals surface area contributed by atoms with Gasteiger partial charge in [0.05, 0.1) is 6.61 Å². The molecule has 4 nitrogen and oxygen atoms in total. The Morgan fingerprint density at radius 1 is 1.15 bits per heavy atom. The predicted octanol–water partition coefficient (Wildman–Crippen LogP) is 4.70. The molecule has 0 unspecified atom stereocenters. The molecule has 2 fully saturated rings. The van der Waals surface area contributed by atoms with Gasteiger partial charge in [0.15, 0.2) is 0 Å². The van der Waals surface area contributed by atoms with Crippen LogP contribution in [-0.4, -0.2) is 19.2 Å². The molecule has 0 bridgehead atoms. The van der Waals surface area contributed by atoms with E-state index in [2.05, 4.69) is 23.5 Å². The Bertz CT molecular complexity index is 840. The molecule has 0 saturated heterocycles. The topological polar surface area (TPSA) is 41.6 Å². The molecular weight excluding hydrogens is 324 g/mol. The maximum absolute atomic E-state index is 12.9. The van der Waals surface area contributed by atoms with Crippen molar-refractivity contribution in [2.24, 2.45) is 5.92 Å². The van der Waals surface area contributed by atoms with Crippen LogP contribution in [0.3, 0.4) is 0 Å². The van der Waals surface area contributed by atoms with E-state index in [4.69, 9.17) is 4.74 Å². The molecule has 26 heavy (non-hydrogen) atoms. The molecule has 2 aromatic rings. The van der Waals surface area contributed by atoms with E-state index in [1.165, 1.54) is 31.2 Å². The van der Waals surface area contributed by atoms with Crippen molar-refractivity contribution in [3.8, 4) is 0 Å². The zero-order chi connectivity index (χ0) is 17.6. The van der Waals surface area contributed by atoms with Gasteiger partial charge in [0.1, 0.15) is 0 Å². The van der Waals surface area contributed by atoms with Crippen molar-refractivity contribution < 1.29 is 9.53 Å². The minimum absolute atomic E-state index is 0.0442. The Morgan fingerprint density at radius 3 is 2.81 bits per heavy atom. The molecule has 1 N–H and O–H groups in total. The number of benzene rings is 2. The van der Waals surface area contributed by atoms with Gasteiger partial charge >= 0.3 is 6.03 Å². The molecule has 1 spiro atoms. The number of para-hydroxylation sites is 1. The number of amides is 2. The fourth-order valence-electron chi connectivity index (χ4n) is 3.95. The Balaban J connectivity index is 1.27. The quantitative estimate of drug-likeness (QED) is 0.851. The summed E-state index contributed by atoms with van der Waals surface area (Å²) in [5, 5.41) is 3.07. The summed E-state index contributed by atoms with van der Waals surface area (Å²) in [6.07, 6.45) is 4.97. The summed E-state index contributed by atoms with van der Waals surface area (Å²) in [5.41, 5.74) is 4.54. The fraction of sp³-hybridized carbons (Fsp3) is 0.409. The second kappa shape index (κ2) is 6.13. The molecule has 5 rings (SSSR count). The number of hydrogen-bond donors (Lipinski definition) is 1. The van der Waals surface area contributed by atoms with E-state index in [1.807, 2.05) is 35.2 Å². The van der Waals surface area contributed by atoms with Crippen molar-refractivity contribution in [1.29, 1.82) is 0 Å². The lowest BCUT2D eigenvalue weighted by Crippen LogP contribution is -2.35. The first-order valence-corrected chi connectivity index (χ1v) is 9.58. The Hall–Kier alpha value is -2.33.